The summed E-state index contributed by atoms with van der Waals surface area (Å²) in [6.45, 7) is 3.04. The molecule has 0 aliphatic heterocycles. The molecule has 0 amide bonds. The first-order valence-corrected chi connectivity index (χ1v) is 6.33. The lowest BCUT2D eigenvalue weighted by atomic mass is 10.2. The van der Waals surface area contributed by atoms with E-state index < -0.39 is 0 Å². The van der Waals surface area contributed by atoms with Crippen LogP contribution in [0.1, 0.15) is 13.2 Å². The highest BCUT2D eigenvalue weighted by Gasteiger charge is 2.12. The van der Waals surface area contributed by atoms with Crippen molar-refractivity contribution in [3.05, 3.63) is 36.8 Å². The van der Waals surface area contributed by atoms with E-state index >= 15 is 0 Å². The SMILES string of the molecule is CC(OCCN)n1cnc2cnc3ccccc3c21. The second-order valence-corrected chi connectivity index (χ2v) is 4.42. The molecule has 3 aromatic rings. The first-order chi connectivity index (χ1) is 9.31. The Morgan fingerprint density at radius 2 is 2.11 bits per heavy atom. The molecular formula is C14H16N4O. The molecule has 3 rings (SSSR count). The van der Waals surface area contributed by atoms with Gasteiger partial charge in [0.25, 0.3) is 0 Å². The molecule has 5 heteroatoms. The Kier molecular flexibility index (Phi) is 3.15. The van der Waals surface area contributed by atoms with E-state index in [1.165, 1.54) is 0 Å². The van der Waals surface area contributed by atoms with E-state index in [0.717, 1.165) is 21.9 Å². The van der Waals surface area contributed by atoms with Crippen molar-refractivity contribution in [2.45, 2.75) is 13.2 Å². The highest BCUT2D eigenvalue weighted by molar-refractivity contribution is 6.01. The Hall–Kier alpha value is -1.98. The van der Waals surface area contributed by atoms with Crippen LogP contribution in [0, 0.1) is 0 Å². The van der Waals surface area contributed by atoms with Crippen molar-refractivity contribution in [3.63, 3.8) is 0 Å². The second kappa shape index (κ2) is 4.95. The molecule has 19 heavy (non-hydrogen) atoms. The van der Waals surface area contributed by atoms with E-state index in [1.807, 2.05) is 29.7 Å². The molecule has 98 valence electrons. The van der Waals surface area contributed by atoms with Crippen LogP contribution in [0.4, 0.5) is 0 Å². The smallest absolute Gasteiger partial charge is 0.132 e. The van der Waals surface area contributed by atoms with Gasteiger partial charge in [-0.2, -0.15) is 0 Å². The Labute approximate surface area is 111 Å². The summed E-state index contributed by atoms with van der Waals surface area (Å²) in [5.74, 6) is 0. The minimum Gasteiger partial charge on any atom is -0.357 e. The molecule has 0 saturated carbocycles. The number of pyridine rings is 1. The average molecular weight is 256 g/mol. The van der Waals surface area contributed by atoms with Crippen molar-refractivity contribution in [1.29, 1.82) is 0 Å². The molecular weight excluding hydrogens is 240 g/mol. The minimum absolute atomic E-state index is 0.0978. The number of nitrogens with two attached hydrogens (primary N) is 1. The Bertz CT molecular complexity index is 707. The van der Waals surface area contributed by atoms with E-state index in [4.69, 9.17) is 10.5 Å². The van der Waals surface area contributed by atoms with Crippen LogP contribution in [-0.4, -0.2) is 27.7 Å². The zero-order valence-corrected chi connectivity index (χ0v) is 10.8. The second-order valence-electron chi connectivity index (χ2n) is 4.42. The fourth-order valence-electron chi connectivity index (χ4n) is 2.26. The van der Waals surface area contributed by atoms with Gasteiger partial charge in [0.1, 0.15) is 11.7 Å². The normalized spacial score (nSPS) is 13.2. The van der Waals surface area contributed by atoms with Crippen LogP contribution in [0.25, 0.3) is 21.9 Å². The van der Waals surface area contributed by atoms with Crippen LogP contribution in [0.3, 0.4) is 0 Å². The number of fused-ring (bicyclic) bond motifs is 3. The summed E-state index contributed by atoms with van der Waals surface area (Å²) >= 11 is 0. The van der Waals surface area contributed by atoms with Crippen molar-refractivity contribution < 1.29 is 4.74 Å². The predicted molar refractivity (Wildman–Crippen MR) is 74.8 cm³/mol. The van der Waals surface area contributed by atoms with Crippen molar-refractivity contribution >= 4 is 21.9 Å². The summed E-state index contributed by atoms with van der Waals surface area (Å²) in [4.78, 5) is 8.79. The molecule has 2 N–H and O–H groups in total. The van der Waals surface area contributed by atoms with Crippen molar-refractivity contribution in [2.75, 3.05) is 13.2 Å². The van der Waals surface area contributed by atoms with Gasteiger partial charge in [0.05, 0.1) is 30.2 Å². The quantitative estimate of drug-likeness (QED) is 0.776. The van der Waals surface area contributed by atoms with Crippen LogP contribution in [0.15, 0.2) is 36.8 Å². The molecule has 0 saturated heterocycles. The predicted octanol–water partition coefficient (Wildman–Crippen LogP) is 2.08. The summed E-state index contributed by atoms with van der Waals surface area (Å²) < 4.78 is 7.69. The summed E-state index contributed by atoms with van der Waals surface area (Å²) in [5, 5.41) is 1.08. The minimum atomic E-state index is -0.0978. The van der Waals surface area contributed by atoms with Crippen LogP contribution in [-0.2, 0) is 4.74 Å². The molecule has 0 bridgehead atoms. The third kappa shape index (κ3) is 2.07. The highest BCUT2D eigenvalue weighted by Crippen LogP contribution is 2.25. The molecule has 0 fully saturated rings. The number of rotatable bonds is 4. The summed E-state index contributed by atoms with van der Waals surface area (Å²) in [7, 11) is 0. The van der Waals surface area contributed by atoms with Gasteiger partial charge in [-0.1, -0.05) is 18.2 Å². The summed E-state index contributed by atoms with van der Waals surface area (Å²) in [6.07, 6.45) is 3.49. The molecule has 0 aliphatic carbocycles. The number of nitrogens with zero attached hydrogens (tertiary/aromatic N) is 3. The standard InChI is InChI=1S/C14H16N4O/c1-10(19-7-6-15)18-9-17-13-8-16-12-5-3-2-4-11(12)14(13)18/h2-5,8-10H,6-7,15H2,1H3. The van der Waals surface area contributed by atoms with Crippen molar-refractivity contribution in [2.24, 2.45) is 5.73 Å². The number of hydrogen-bond donors (Lipinski definition) is 1. The first kappa shape index (κ1) is 12.1. The number of hydrogen-bond acceptors (Lipinski definition) is 4. The lowest BCUT2D eigenvalue weighted by Crippen LogP contribution is -2.14. The van der Waals surface area contributed by atoms with E-state index in [0.29, 0.717) is 13.2 Å². The van der Waals surface area contributed by atoms with Gasteiger partial charge >= 0.3 is 0 Å². The van der Waals surface area contributed by atoms with Gasteiger partial charge in [-0.05, 0) is 13.0 Å². The van der Waals surface area contributed by atoms with Crippen molar-refractivity contribution in [1.82, 2.24) is 14.5 Å². The van der Waals surface area contributed by atoms with Crippen LogP contribution in [0.5, 0.6) is 0 Å². The van der Waals surface area contributed by atoms with Gasteiger partial charge in [-0.15, -0.1) is 0 Å². The van der Waals surface area contributed by atoms with E-state index in [-0.39, 0.29) is 6.23 Å². The van der Waals surface area contributed by atoms with Gasteiger partial charge in [0.15, 0.2) is 0 Å². The molecule has 1 unspecified atom stereocenters. The first-order valence-electron chi connectivity index (χ1n) is 6.33. The largest absolute Gasteiger partial charge is 0.357 e. The van der Waals surface area contributed by atoms with Gasteiger partial charge in [0.2, 0.25) is 0 Å². The number of para-hydroxylation sites is 1. The zero-order valence-electron chi connectivity index (χ0n) is 10.8. The fourth-order valence-corrected chi connectivity index (χ4v) is 2.26. The molecule has 0 aliphatic rings. The maximum absolute atomic E-state index is 5.67. The van der Waals surface area contributed by atoms with Gasteiger partial charge in [-0.25, -0.2) is 4.98 Å². The monoisotopic (exact) mass is 256 g/mol. The Morgan fingerprint density at radius 3 is 2.95 bits per heavy atom. The van der Waals surface area contributed by atoms with Crippen LogP contribution >= 0.6 is 0 Å². The van der Waals surface area contributed by atoms with Gasteiger partial charge in [0, 0.05) is 11.9 Å². The van der Waals surface area contributed by atoms with E-state index in [9.17, 15) is 0 Å². The lowest BCUT2D eigenvalue weighted by molar-refractivity contribution is 0.0241. The van der Waals surface area contributed by atoms with Gasteiger partial charge < -0.3 is 15.0 Å². The summed E-state index contributed by atoms with van der Waals surface area (Å²) in [5.41, 5.74) is 8.36. The zero-order chi connectivity index (χ0) is 13.2. The highest BCUT2D eigenvalue weighted by atomic mass is 16.5. The maximum Gasteiger partial charge on any atom is 0.132 e. The Balaban J connectivity index is 2.17. The lowest BCUT2D eigenvalue weighted by Gasteiger charge is -2.15. The molecule has 1 aromatic carbocycles. The number of benzene rings is 1. The fraction of sp³-hybridized carbons (Fsp3) is 0.286. The topological polar surface area (TPSA) is 66.0 Å². The molecule has 1 atom stereocenters. The van der Waals surface area contributed by atoms with Crippen molar-refractivity contribution in [3.8, 4) is 0 Å². The summed E-state index contributed by atoms with van der Waals surface area (Å²) in [6, 6.07) is 8.04. The number of aromatic nitrogens is 3. The molecule has 0 spiro atoms. The van der Waals surface area contributed by atoms with E-state index in [1.54, 1.807) is 12.5 Å². The maximum atomic E-state index is 5.67. The van der Waals surface area contributed by atoms with Crippen LogP contribution in [0.2, 0.25) is 0 Å². The number of ether oxygens (including phenoxy) is 1. The van der Waals surface area contributed by atoms with Gasteiger partial charge in [-0.3, -0.25) is 4.98 Å². The van der Waals surface area contributed by atoms with E-state index in [2.05, 4.69) is 16.0 Å². The number of imidazole rings is 1. The Morgan fingerprint density at radius 1 is 1.26 bits per heavy atom. The molecule has 2 aromatic heterocycles. The average Bonchev–Trinajstić information content (AvgIpc) is 2.89. The third-order valence-electron chi connectivity index (χ3n) is 3.18. The molecule has 5 nitrogen and oxygen atoms in total. The third-order valence-corrected chi connectivity index (χ3v) is 3.18. The molecule has 2 heterocycles. The molecule has 0 radical (unpaired) electrons. The van der Waals surface area contributed by atoms with Crippen LogP contribution < -0.4 is 5.73 Å².